The predicted octanol–water partition coefficient (Wildman–Crippen LogP) is 4.07. The number of amides is 1. The van der Waals surface area contributed by atoms with Crippen LogP contribution >= 0.6 is 0 Å². The molecule has 0 N–H and O–H groups in total. The van der Waals surface area contributed by atoms with Gasteiger partial charge in [0.1, 0.15) is 17.5 Å². The molecule has 2 fully saturated rings. The van der Waals surface area contributed by atoms with E-state index in [9.17, 15) is 4.79 Å². The molecule has 5 nitrogen and oxygen atoms in total. The number of benzene rings is 1. The van der Waals surface area contributed by atoms with Gasteiger partial charge in [0.15, 0.2) is 0 Å². The number of carbonyl (C=O) groups excluding carboxylic acids is 1. The van der Waals surface area contributed by atoms with Crippen molar-refractivity contribution in [2.45, 2.75) is 58.2 Å². The molecule has 3 rings (SSSR count). The van der Waals surface area contributed by atoms with Crippen LogP contribution in [-0.2, 0) is 4.74 Å². The molecule has 0 aliphatic carbocycles. The van der Waals surface area contributed by atoms with E-state index in [1.165, 1.54) is 18.5 Å². The maximum Gasteiger partial charge on any atom is 0.410 e. The Hall–Kier alpha value is -1.91. The standard InChI is InChI=1S/C20H30N2O3/c1-20(2,3)25-19(23)22-13-9-17(10-14-22)24-18-8-6-7-16(15-18)21-11-4-5-12-21/h6-8,15,17H,4-5,9-14H2,1-3H3. The zero-order chi connectivity index (χ0) is 17.9. The Morgan fingerprint density at radius 3 is 2.40 bits per heavy atom. The summed E-state index contributed by atoms with van der Waals surface area (Å²) in [6.45, 7) is 9.34. The molecule has 0 saturated carbocycles. The van der Waals surface area contributed by atoms with Crippen molar-refractivity contribution in [2.75, 3.05) is 31.1 Å². The number of anilines is 1. The summed E-state index contributed by atoms with van der Waals surface area (Å²) in [5.41, 5.74) is 0.807. The lowest BCUT2D eigenvalue weighted by atomic mass is 10.1. The Morgan fingerprint density at radius 2 is 1.76 bits per heavy atom. The average Bonchev–Trinajstić information content (AvgIpc) is 3.09. The molecule has 2 aliphatic heterocycles. The normalized spacial score (nSPS) is 19.2. The van der Waals surface area contributed by atoms with E-state index in [1.54, 1.807) is 4.90 Å². The van der Waals surface area contributed by atoms with Gasteiger partial charge < -0.3 is 19.3 Å². The lowest BCUT2D eigenvalue weighted by molar-refractivity contribution is 0.0126. The largest absolute Gasteiger partial charge is 0.490 e. The summed E-state index contributed by atoms with van der Waals surface area (Å²) in [5.74, 6) is 0.931. The highest BCUT2D eigenvalue weighted by molar-refractivity contribution is 5.68. The fraction of sp³-hybridized carbons (Fsp3) is 0.650. The molecule has 138 valence electrons. The van der Waals surface area contributed by atoms with E-state index in [4.69, 9.17) is 9.47 Å². The van der Waals surface area contributed by atoms with Gasteiger partial charge in [0.25, 0.3) is 0 Å². The first-order valence-electron chi connectivity index (χ1n) is 9.40. The summed E-state index contributed by atoms with van der Waals surface area (Å²) >= 11 is 0. The van der Waals surface area contributed by atoms with E-state index in [2.05, 4.69) is 23.1 Å². The van der Waals surface area contributed by atoms with Crippen molar-refractivity contribution in [1.82, 2.24) is 4.90 Å². The number of likely N-dealkylation sites (tertiary alicyclic amines) is 1. The number of nitrogens with zero attached hydrogens (tertiary/aromatic N) is 2. The van der Waals surface area contributed by atoms with Gasteiger partial charge in [-0.15, -0.1) is 0 Å². The fourth-order valence-corrected chi connectivity index (χ4v) is 3.40. The Labute approximate surface area is 150 Å². The molecule has 0 bridgehead atoms. The number of hydrogen-bond donors (Lipinski definition) is 0. The predicted molar refractivity (Wildman–Crippen MR) is 99.3 cm³/mol. The fourth-order valence-electron chi connectivity index (χ4n) is 3.40. The minimum Gasteiger partial charge on any atom is -0.490 e. The molecular weight excluding hydrogens is 316 g/mol. The SMILES string of the molecule is CC(C)(C)OC(=O)N1CCC(Oc2cccc(N3CCCC3)c2)CC1. The van der Waals surface area contributed by atoms with Crippen LogP contribution in [0.3, 0.4) is 0 Å². The second-order valence-corrected chi connectivity index (χ2v) is 7.98. The monoisotopic (exact) mass is 346 g/mol. The zero-order valence-electron chi connectivity index (χ0n) is 15.7. The van der Waals surface area contributed by atoms with E-state index in [1.807, 2.05) is 26.8 Å². The second-order valence-electron chi connectivity index (χ2n) is 7.98. The summed E-state index contributed by atoms with van der Waals surface area (Å²) in [7, 11) is 0. The summed E-state index contributed by atoms with van der Waals surface area (Å²) in [5, 5.41) is 0. The Kier molecular flexibility index (Phi) is 5.40. The molecule has 25 heavy (non-hydrogen) atoms. The average molecular weight is 346 g/mol. The van der Waals surface area contributed by atoms with Crippen molar-refractivity contribution in [3.8, 4) is 5.75 Å². The maximum atomic E-state index is 12.1. The topological polar surface area (TPSA) is 42.0 Å². The van der Waals surface area contributed by atoms with Gasteiger partial charge in [0.05, 0.1) is 0 Å². The number of piperidine rings is 1. The highest BCUT2D eigenvalue weighted by Crippen LogP contribution is 2.27. The van der Waals surface area contributed by atoms with Crippen LogP contribution in [0.1, 0.15) is 46.5 Å². The van der Waals surface area contributed by atoms with E-state index in [-0.39, 0.29) is 12.2 Å². The summed E-state index contributed by atoms with van der Waals surface area (Å²) in [6.07, 6.45) is 4.16. The quantitative estimate of drug-likeness (QED) is 0.827. The number of ether oxygens (including phenoxy) is 2. The van der Waals surface area contributed by atoms with Crippen LogP contribution in [0.5, 0.6) is 5.75 Å². The van der Waals surface area contributed by atoms with Crippen molar-refractivity contribution >= 4 is 11.8 Å². The molecule has 1 amide bonds. The molecule has 0 radical (unpaired) electrons. The molecule has 0 atom stereocenters. The van der Waals surface area contributed by atoms with Crippen molar-refractivity contribution < 1.29 is 14.3 Å². The van der Waals surface area contributed by atoms with E-state index >= 15 is 0 Å². The number of rotatable bonds is 3. The first-order valence-corrected chi connectivity index (χ1v) is 9.40. The third-order valence-electron chi connectivity index (χ3n) is 4.69. The van der Waals surface area contributed by atoms with E-state index in [0.29, 0.717) is 13.1 Å². The minimum atomic E-state index is -0.444. The molecule has 1 aromatic rings. The van der Waals surface area contributed by atoms with Crippen molar-refractivity contribution in [2.24, 2.45) is 0 Å². The number of hydrogen-bond acceptors (Lipinski definition) is 4. The molecule has 2 heterocycles. The third kappa shape index (κ3) is 5.03. The van der Waals surface area contributed by atoms with Crippen LogP contribution in [0.4, 0.5) is 10.5 Å². The highest BCUT2D eigenvalue weighted by Gasteiger charge is 2.27. The van der Waals surface area contributed by atoms with Gasteiger partial charge in [-0.05, 0) is 45.7 Å². The Morgan fingerprint density at radius 1 is 1.08 bits per heavy atom. The molecule has 0 unspecified atom stereocenters. The second kappa shape index (κ2) is 7.54. The van der Waals surface area contributed by atoms with Gasteiger partial charge in [-0.1, -0.05) is 6.07 Å². The summed E-state index contributed by atoms with van der Waals surface area (Å²) < 4.78 is 11.6. The van der Waals surface area contributed by atoms with Gasteiger partial charge in [0.2, 0.25) is 0 Å². The highest BCUT2D eigenvalue weighted by atomic mass is 16.6. The summed E-state index contributed by atoms with van der Waals surface area (Å²) in [6, 6.07) is 8.40. The maximum absolute atomic E-state index is 12.1. The summed E-state index contributed by atoms with van der Waals surface area (Å²) in [4.78, 5) is 16.3. The van der Waals surface area contributed by atoms with Gasteiger partial charge in [0, 0.05) is 50.8 Å². The van der Waals surface area contributed by atoms with Crippen LogP contribution in [0.15, 0.2) is 24.3 Å². The third-order valence-corrected chi connectivity index (χ3v) is 4.69. The van der Waals surface area contributed by atoms with Crippen LogP contribution in [0.25, 0.3) is 0 Å². The Balaban J connectivity index is 1.50. The molecule has 2 saturated heterocycles. The smallest absolute Gasteiger partial charge is 0.410 e. The molecule has 0 spiro atoms. The zero-order valence-corrected chi connectivity index (χ0v) is 15.7. The van der Waals surface area contributed by atoms with Crippen LogP contribution < -0.4 is 9.64 Å². The van der Waals surface area contributed by atoms with Crippen LogP contribution in [0.2, 0.25) is 0 Å². The lowest BCUT2D eigenvalue weighted by Gasteiger charge is -2.33. The molecular formula is C20H30N2O3. The first-order chi connectivity index (χ1) is 11.9. The lowest BCUT2D eigenvalue weighted by Crippen LogP contribution is -2.44. The van der Waals surface area contributed by atoms with Gasteiger partial charge in [-0.25, -0.2) is 4.79 Å². The van der Waals surface area contributed by atoms with Crippen LogP contribution in [-0.4, -0.2) is 48.9 Å². The Bertz CT molecular complexity index is 583. The van der Waals surface area contributed by atoms with E-state index < -0.39 is 5.60 Å². The molecule has 2 aliphatic rings. The van der Waals surface area contributed by atoms with Gasteiger partial charge in [-0.3, -0.25) is 0 Å². The van der Waals surface area contributed by atoms with Crippen molar-refractivity contribution in [3.05, 3.63) is 24.3 Å². The molecule has 0 aromatic heterocycles. The van der Waals surface area contributed by atoms with Crippen LogP contribution in [0, 0.1) is 0 Å². The number of carbonyl (C=O) groups is 1. The molecule has 5 heteroatoms. The van der Waals surface area contributed by atoms with E-state index in [0.717, 1.165) is 31.7 Å². The molecule has 1 aromatic carbocycles. The van der Waals surface area contributed by atoms with Crippen molar-refractivity contribution in [3.63, 3.8) is 0 Å². The minimum absolute atomic E-state index is 0.160. The van der Waals surface area contributed by atoms with Gasteiger partial charge in [-0.2, -0.15) is 0 Å². The first kappa shape index (κ1) is 17.9. The van der Waals surface area contributed by atoms with Crippen molar-refractivity contribution in [1.29, 1.82) is 0 Å². The van der Waals surface area contributed by atoms with Gasteiger partial charge >= 0.3 is 6.09 Å².